The number of allylic oxidation sites excluding steroid dienone is 2. The topological polar surface area (TPSA) is 15.3 Å². The van der Waals surface area contributed by atoms with Crippen LogP contribution in [0.25, 0.3) is 0 Å². The van der Waals surface area contributed by atoms with Crippen LogP contribution in [-0.2, 0) is 0 Å². The molecule has 1 fully saturated rings. The van der Waals surface area contributed by atoms with E-state index in [1.54, 1.807) is 6.92 Å². The maximum atomic E-state index is 11.5. The zero-order chi connectivity index (χ0) is 17.7. The van der Waals surface area contributed by atoms with Gasteiger partial charge in [-0.05, 0) is 56.7 Å². The fraction of sp³-hybridized carbons (Fsp3) is 0.800. The predicted molar refractivity (Wildman–Crippen MR) is 102 cm³/mol. The van der Waals surface area contributed by atoms with E-state index < -0.39 is 0 Å². The summed E-state index contributed by atoms with van der Waals surface area (Å²) in [6, 6.07) is 0.783. The molecule has 1 rings (SSSR count). The van der Waals surface area contributed by atoms with E-state index in [0.717, 1.165) is 24.0 Å². The number of piperidine rings is 1. The molecule has 0 aliphatic carbocycles. The van der Waals surface area contributed by atoms with E-state index in [9.17, 15) is 4.39 Å². The molecule has 0 aromatic heterocycles. The van der Waals surface area contributed by atoms with Gasteiger partial charge in [0.1, 0.15) is 6.67 Å². The standard InChI is InChI=1S/C14H28N2.C6H11F/c1-5-13(4)11-16(10-12(2)3)14-6-8-15-9-7-14;1-3-4-6(2)5-7/h5,12-15H,1,6-11H2,2-4H3;4H,3,5H2,1-2H3/b;6-4+. The third-order valence-electron chi connectivity index (χ3n) is 4.11. The molecule has 1 N–H and O–H groups in total. The minimum Gasteiger partial charge on any atom is -0.317 e. The third kappa shape index (κ3) is 11.5. The highest BCUT2D eigenvalue weighted by Gasteiger charge is 2.22. The van der Waals surface area contributed by atoms with Gasteiger partial charge in [-0.25, -0.2) is 4.39 Å². The number of nitrogens with one attached hydrogen (secondary N) is 1. The minimum absolute atomic E-state index is 0.298. The summed E-state index contributed by atoms with van der Waals surface area (Å²) in [6.07, 6.45) is 7.51. The second-order valence-corrected chi connectivity index (χ2v) is 7.13. The molecule has 23 heavy (non-hydrogen) atoms. The van der Waals surface area contributed by atoms with Crippen molar-refractivity contribution in [3.05, 3.63) is 24.3 Å². The van der Waals surface area contributed by atoms with Crippen LogP contribution in [0.15, 0.2) is 24.3 Å². The Morgan fingerprint density at radius 1 is 1.26 bits per heavy atom. The first-order chi connectivity index (χ1) is 10.9. The lowest BCUT2D eigenvalue weighted by molar-refractivity contribution is 0.134. The average Bonchev–Trinajstić information content (AvgIpc) is 2.55. The van der Waals surface area contributed by atoms with Gasteiger partial charge in [0.05, 0.1) is 0 Å². The largest absolute Gasteiger partial charge is 0.317 e. The number of halogens is 1. The summed E-state index contributed by atoms with van der Waals surface area (Å²) in [5.41, 5.74) is 0.836. The van der Waals surface area contributed by atoms with Crippen molar-refractivity contribution < 1.29 is 4.39 Å². The quantitative estimate of drug-likeness (QED) is 0.643. The molecule has 3 heteroatoms. The Kier molecular flexibility index (Phi) is 13.3. The Labute approximate surface area is 144 Å². The molecule has 1 atom stereocenters. The van der Waals surface area contributed by atoms with Crippen molar-refractivity contribution in [3.63, 3.8) is 0 Å². The van der Waals surface area contributed by atoms with Gasteiger partial charge in [-0.1, -0.05) is 39.8 Å². The smallest absolute Gasteiger partial charge is 0.110 e. The fourth-order valence-electron chi connectivity index (χ4n) is 2.86. The first-order valence-electron chi connectivity index (χ1n) is 9.23. The lowest BCUT2D eigenvalue weighted by Crippen LogP contribution is -2.46. The van der Waals surface area contributed by atoms with Crippen LogP contribution in [0, 0.1) is 11.8 Å². The predicted octanol–water partition coefficient (Wildman–Crippen LogP) is 4.83. The van der Waals surface area contributed by atoms with Gasteiger partial charge >= 0.3 is 0 Å². The van der Waals surface area contributed by atoms with E-state index in [4.69, 9.17) is 0 Å². The summed E-state index contributed by atoms with van der Waals surface area (Å²) in [5, 5.41) is 3.44. The molecule has 2 nitrogen and oxygen atoms in total. The van der Waals surface area contributed by atoms with Gasteiger partial charge in [-0.15, -0.1) is 6.58 Å². The molecule has 0 spiro atoms. The van der Waals surface area contributed by atoms with Crippen LogP contribution >= 0.6 is 0 Å². The molecular weight excluding hydrogens is 287 g/mol. The lowest BCUT2D eigenvalue weighted by Gasteiger charge is -2.36. The van der Waals surface area contributed by atoms with E-state index in [0.29, 0.717) is 5.92 Å². The van der Waals surface area contributed by atoms with Gasteiger partial charge in [0, 0.05) is 19.1 Å². The molecule has 0 saturated carbocycles. The minimum atomic E-state index is -0.298. The van der Waals surface area contributed by atoms with Gasteiger partial charge in [0.2, 0.25) is 0 Å². The van der Waals surface area contributed by atoms with Gasteiger partial charge in [-0.3, -0.25) is 4.90 Å². The van der Waals surface area contributed by atoms with Gasteiger partial charge in [-0.2, -0.15) is 0 Å². The zero-order valence-corrected chi connectivity index (χ0v) is 16.1. The van der Waals surface area contributed by atoms with Crippen LogP contribution in [0.4, 0.5) is 4.39 Å². The maximum Gasteiger partial charge on any atom is 0.110 e. The summed E-state index contributed by atoms with van der Waals surface area (Å²) in [5.74, 6) is 1.36. The third-order valence-corrected chi connectivity index (χ3v) is 4.11. The van der Waals surface area contributed by atoms with E-state index in [1.165, 1.54) is 39.0 Å². The van der Waals surface area contributed by atoms with Crippen molar-refractivity contribution in [2.75, 3.05) is 32.9 Å². The molecule has 1 heterocycles. The monoisotopic (exact) mass is 326 g/mol. The highest BCUT2D eigenvalue weighted by atomic mass is 19.1. The van der Waals surface area contributed by atoms with E-state index in [-0.39, 0.29) is 6.67 Å². The molecule has 0 radical (unpaired) electrons. The number of nitrogens with zero attached hydrogens (tertiary/aromatic N) is 1. The van der Waals surface area contributed by atoms with Gasteiger partial charge in [0.25, 0.3) is 0 Å². The highest BCUT2D eigenvalue weighted by molar-refractivity contribution is 4.96. The van der Waals surface area contributed by atoms with Crippen molar-refractivity contribution in [2.24, 2.45) is 11.8 Å². The van der Waals surface area contributed by atoms with Crippen LogP contribution in [0.1, 0.15) is 53.9 Å². The molecule has 1 unspecified atom stereocenters. The zero-order valence-electron chi connectivity index (χ0n) is 16.1. The average molecular weight is 327 g/mol. The van der Waals surface area contributed by atoms with Crippen LogP contribution in [0.5, 0.6) is 0 Å². The van der Waals surface area contributed by atoms with Gasteiger partial charge in [0.15, 0.2) is 0 Å². The highest BCUT2D eigenvalue weighted by Crippen LogP contribution is 2.16. The van der Waals surface area contributed by atoms with Crippen LogP contribution in [0.3, 0.4) is 0 Å². The molecule has 0 aromatic carbocycles. The van der Waals surface area contributed by atoms with Crippen LogP contribution in [-0.4, -0.2) is 43.8 Å². The fourth-order valence-corrected chi connectivity index (χ4v) is 2.86. The van der Waals surface area contributed by atoms with Crippen molar-refractivity contribution in [1.82, 2.24) is 10.2 Å². The maximum absolute atomic E-state index is 11.5. The summed E-state index contributed by atoms with van der Waals surface area (Å²) in [4.78, 5) is 2.68. The van der Waals surface area contributed by atoms with Crippen LogP contribution in [0.2, 0.25) is 0 Å². The second-order valence-electron chi connectivity index (χ2n) is 7.13. The van der Waals surface area contributed by atoms with E-state index in [2.05, 4.69) is 43.6 Å². The van der Waals surface area contributed by atoms with Crippen molar-refractivity contribution >= 4 is 0 Å². The molecule has 1 aliphatic rings. The van der Waals surface area contributed by atoms with Crippen molar-refractivity contribution in [2.45, 2.75) is 59.9 Å². The summed E-state index contributed by atoms with van der Waals surface area (Å²) in [6.45, 7) is 19.0. The first kappa shape index (κ1) is 22.3. The Morgan fingerprint density at radius 3 is 2.26 bits per heavy atom. The molecule has 0 bridgehead atoms. The number of alkyl halides is 1. The van der Waals surface area contributed by atoms with Crippen molar-refractivity contribution in [1.29, 1.82) is 0 Å². The molecule has 0 amide bonds. The first-order valence-corrected chi connectivity index (χ1v) is 9.23. The second kappa shape index (κ2) is 13.7. The Bertz CT molecular complexity index is 320. The normalized spacial score (nSPS) is 17.8. The Balaban J connectivity index is 0.000000585. The molecule has 1 saturated heterocycles. The summed E-state index contributed by atoms with van der Waals surface area (Å²) < 4.78 is 11.5. The lowest BCUT2D eigenvalue weighted by atomic mass is 10.0. The number of hydrogen-bond donors (Lipinski definition) is 1. The van der Waals surface area contributed by atoms with E-state index in [1.807, 2.05) is 13.0 Å². The molecule has 0 aromatic rings. The number of rotatable bonds is 8. The molecule has 136 valence electrons. The SMILES string of the molecule is C=CC(C)CN(CC(C)C)C1CCNCC1.CC/C=C(\C)CF. The summed E-state index contributed by atoms with van der Waals surface area (Å²) in [7, 11) is 0. The summed E-state index contributed by atoms with van der Waals surface area (Å²) >= 11 is 0. The van der Waals surface area contributed by atoms with Crippen LogP contribution < -0.4 is 5.32 Å². The molecular formula is C20H39FN2. The molecule has 1 aliphatic heterocycles. The van der Waals surface area contributed by atoms with Gasteiger partial charge < -0.3 is 5.32 Å². The Hall–Kier alpha value is -0.670. The van der Waals surface area contributed by atoms with Crippen molar-refractivity contribution in [3.8, 4) is 0 Å². The Morgan fingerprint density at radius 2 is 1.87 bits per heavy atom. The van der Waals surface area contributed by atoms with E-state index >= 15 is 0 Å². The number of hydrogen-bond acceptors (Lipinski definition) is 2.